The van der Waals surface area contributed by atoms with Gasteiger partial charge >= 0.3 is 0 Å². The molecule has 0 saturated heterocycles. The monoisotopic (exact) mass is 269 g/mol. The van der Waals surface area contributed by atoms with Crippen LogP contribution in [0.4, 0.5) is 0 Å². The van der Waals surface area contributed by atoms with Crippen LogP contribution in [0.2, 0.25) is 0 Å². The lowest BCUT2D eigenvalue weighted by molar-refractivity contribution is -0.125. The molecule has 19 heavy (non-hydrogen) atoms. The van der Waals surface area contributed by atoms with E-state index in [1.54, 1.807) is 0 Å². The Hall–Kier alpha value is -0.860. The molecule has 0 unspecified atom stereocenters. The molecule has 0 aliphatic rings. The third-order valence-electron chi connectivity index (χ3n) is 3.14. The third-order valence-corrected chi connectivity index (χ3v) is 3.14. The molecule has 0 bridgehead atoms. The first kappa shape index (κ1) is 18.1. The highest BCUT2D eigenvalue weighted by atomic mass is 16.2. The van der Waals surface area contributed by atoms with Crippen LogP contribution in [0.15, 0.2) is 0 Å². The van der Waals surface area contributed by atoms with E-state index in [2.05, 4.69) is 33.0 Å². The maximum absolute atomic E-state index is 11.6. The highest BCUT2D eigenvalue weighted by Crippen LogP contribution is 2.20. The number of unbranched alkanes of at least 4 members (excludes halogenated alkanes) is 4. The van der Waals surface area contributed by atoms with Crippen molar-refractivity contribution in [2.75, 3.05) is 6.54 Å². The number of amides is 1. The summed E-state index contributed by atoms with van der Waals surface area (Å²) in [6, 6.07) is 0. The van der Waals surface area contributed by atoms with Crippen molar-refractivity contribution in [2.24, 2.45) is 5.41 Å². The van der Waals surface area contributed by atoms with Crippen molar-refractivity contribution in [3.05, 3.63) is 0 Å². The number of rotatable bonds is 10. The van der Waals surface area contributed by atoms with Crippen LogP contribution in [0.1, 0.15) is 79.1 Å². The van der Waals surface area contributed by atoms with Gasteiger partial charge in [-0.25, -0.2) is 0 Å². The molecule has 0 aromatic carbocycles. The van der Waals surface area contributed by atoms with Crippen molar-refractivity contribution in [2.45, 2.75) is 79.1 Å². The van der Waals surface area contributed by atoms with Gasteiger partial charge in [-0.05, 0) is 18.3 Å². The molecule has 1 N–H and O–H groups in total. The Morgan fingerprint density at radius 3 is 2.16 bits per heavy atom. The lowest BCUT2D eigenvalue weighted by atomic mass is 9.89. The van der Waals surface area contributed by atoms with E-state index in [9.17, 15) is 9.59 Å². The first-order valence-electron chi connectivity index (χ1n) is 7.63. The molecule has 0 atom stereocenters. The molecule has 0 saturated carbocycles. The first-order valence-corrected chi connectivity index (χ1v) is 7.63. The zero-order valence-electron chi connectivity index (χ0n) is 13.2. The molecule has 0 heterocycles. The normalized spacial score (nSPS) is 11.4. The summed E-state index contributed by atoms with van der Waals surface area (Å²) in [5, 5.41) is 2.72. The molecule has 3 heteroatoms. The van der Waals surface area contributed by atoms with Crippen molar-refractivity contribution in [1.82, 2.24) is 5.32 Å². The Morgan fingerprint density at radius 2 is 1.58 bits per heavy atom. The quantitative estimate of drug-likeness (QED) is 0.612. The Bertz CT molecular complexity index is 266. The van der Waals surface area contributed by atoms with Crippen LogP contribution in [-0.2, 0) is 9.59 Å². The van der Waals surface area contributed by atoms with Gasteiger partial charge in [-0.1, -0.05) is 53.4 Å². The van der Waals surface area contributed by atoms with Gasteiger partial charge in [0.15, 0.2) is 5.78 Å². The number of ketones is 1. The fraction of sp³-hybridized carbons (Fsp3) is 0.875. The number of carbonyl (C=O) groups is 2. The lowest BCUT2D eigenvalue weighted by Gasteiger charge is -2.17. The largest absolute Gasteiger partial charge is 0.349 e. The zero-order valence-corrected chi connectivity index (χ0v) is 13.2. The standard InChI is InChI=1S/C16H31NO2/c1-5-6-7-8-9-10-15(19)17-13-14(18)11-12-16(2,3)4/h5-13H2,1-4H3,(H,17,19). The highest BCUT2D eigenvalue weighted by Gasteiger charge is 2.13. The predicted molar refractivity (Wildman–Crippen MR) is 80.1 cm³/mol. The van der Waals surface area contributed by atoms with Crippen LogP contribution in [0.5, 0.6) is 0 Å². The second kappa shape index (κ2) is 9.99. The van der Waals surface area contributed by atoms with E-state index in [4.69, 9.17) is 0 Å². The van der Waals surface area contributed by atoms with Gasteiger partial charge in [0.1, 0.15) is 0 Å². The minimum absolute atomic E-state index is 0.0145. The van der Waals surface area contributed by atoms with Crippen LogP contribution in [0.3, 0.4) is 0 Å². The molecule has 112 valence electrons. The third kappa shape index (κ3) is 13.4. The molecule has 0 aliphatic heterocycles. The smallest absolute Gasteiger partial charge is 0.220 e. The first-order chi connectivity index (χ1) is 8.85. The van der Waals surface area contributed by atoms with E-state index in [1.807, 2.05) is 0 Å². The van der Waals surface area contributed by atoms with Crippen LogP contribution >= 0.6 is 0 Å². The molecule has 0 aromatic rings. The Labute approximate surface area is 118 Å². The van der Waals surface area contributed by atoms with E-state index in [0.717, 1.165) is 19.3 Å². The van der Waals surface area contributed by atoms with E-state index in [1.165, 1.54) is 19.3 Å². The van der Waals surface area contributed by atoms with Gasteiger partial charge < -0.3 is 5.32 Å². The van der Waals surface area contributed by atoms with Gasteiger partial charge in [0.25, 0.3) is 0 Å². The molecule has 3 nitrogen and oxygen atoms in total. The Kier molecular flexibility index (Phi) is 9.54. The average Bonchev–Trinajstić information content (AvgIpc) is 2.32. The summed E-state index contributed by atoms with van der Waals surface area (Å²) < 4.78 is 0. The molecular weight excluding hydrogens is 238 g/mol. The Morgan fingerprint density at radius 1 is 0.947 bits per heavy atom. The maximum Gasteiger partial charge on any atom is 0.220 e. The molecule has 0 aromatic heterocycles. The molecule has 1 amide bonds. The number of nitrogens with one attached hydrogen (secondary N) is 1. The number of carbonyl (C=O) groups excluding carboxylic acids is 2. The van der Waals surface area contributed by atoms with E-state index in [0.29, 0.717) is 12.8 Å². The SMILES string of the molecule is CCCCCCCC(=O)NCC(=O)CCC(C)(C)C. The zero-order chi connectivity index (χ0) is 14.7. The summed E-state index contributed by atoms with van der Waals surface area (Å²) in [6.07, 6.45) is 7.69. The van der Waals surface area contributed by atoms with Gasteiger partial charge in [0.05, 0.1) is 6.54 Å². The van der Waals surface area contributed by atoms with Gasteiger partial charge in [-0.2, -0.15) is 0 Å². The van der Waals surface area contributed by atoms with Crippen molar-refractivity contribution in [3.63, 3.8) is 0 Å². The van der Waals surface area contributed by atoms with E-state index >= 15 is 0 Å². The van der Waals surface area contributed by atoms with Crippen molar-refractivity contribution >= 4 is 11.7 Å². The molecule has 0 spiro atoms. The van der Waals surface area contributed by atoms with Crippen LogP contribution < -0.4 is 5.32 Å². The number of hydrogen-bond donors (Lipinski definition) is 1. The number of hydrogen-bond acceptors (Lipinski definition) is 2. The van der Waals surface area contributed by atoms with Crippen molar-refractivity contribution < 1.29 is 9.59 Å². The highest BCUT2D eigenvalue weighted by molar-refractivity contribution is 5.85. The summed E-state index contributed by atoms with van der Waals surface area (Å²) in [7, 11) is 0. The second-order valence-corrected chi connectivity index (χ2v) is 6.54. The van der Waals surface area contributed by atoms with Gasteiger partial charge in [0.2, 0.25) is 5.91 Å². The minimum Gasteiger partial charge on any atom is -0.349 e. The van der Waals surface area contributed by atoms with E-state index in [-0.39, 0.29) is 23.7 Å². The number of Topliss-reactive ketones (excluding diaryl/α,β-unsaturated/α-hetero) is 1. The van der Waals surface area contributed by atoms with Gasteiger partial charge in [-0.15, -0.1) is 0 Å². The van der Waals surface area contributed by atoms with Crippen molar-refractivity contribution in [3.8, 4) is 0 Å². The summed E-state index contributed by atoms with van der Waals surface area (Å²) >= 11 is 0. The topological polar surface area (TPSA) is 46.2 Å². The van der Waals surface area contributed by atoms with Gasteiger partial charge in [0, 0.05) is 12.8 Å². The van der Waals surface area contributed by atoms with E-state index < -0.39 is 0 Å². The molecule has 0 aliphatic carbocycles. The predicted octanol–water partition coefficient (Wildman–Crippen LogP) is 3.86. The average molecular weight is 269 g/mol. The second-order valence-electron chi connectivity index (χ2n) is 6.54. The summed E-state index contributed by atoms with van der Waals surface area (Å²) in [5.41, 5.74) is 0.180. The maximum atomic E-state index is 11.6. The Balaban J connectivity index is 3.53. The fourth-order valence-corrected chi connectivity index (χ4v) is 1.78. The van der Waals surface area contributed by atoms with Crippen LogP contribution in [0.25, 0.3) is 0 Å². The molecule has 0 fully saturated rings. The fourth-order valence-electron chi connectivity index (χ4n) is 1.78. The summed E-state index contributed by atoms with van der Waals surface area (Å²) in [5.74, 6) is 0.148. The lowest BCUT2D eigenvalue weighted by Crippen LogP contribution is -2.29. The summed E-state index contributed by atoms with van der Waals surface area (Å²) in [4.78, 5) is 23.1. The van der Waals surface area contributed by atoms with Crippen LogP contribution in [-0.4, -0.2) is 18.2 Å². The summed E-state index contributed by atoms with van der Waals surface area (Å²) in [6.45, 7) is 8.74. The minimum atomic E-state index is 0.0145. The van der Waals surface area contributed by atoms with Gasteiger partial charge in [-0.3, -0.25) is 9.59 Å². The van der Waals surface area contributed by atoms with Crippen LogP contribution in [0, 0.1) is 5.41 Å². The molecule has 0 radical (unpaired) electrons. The molecular formula is C16H31NO2. The van der Waals surface area contributed by atoms with Crippen molar-refractivity contribution in [1.29, 1.82) is 0 Å². The molecule has 0 rings (SSSR count).